The van der Waals surface area contributed by atoms with Crippen LogP contribution >= 0.6 is 22.0 Å². The standard InChI is InChI=1S/C9H9ClF3NO3S2/c10-19(16,17)8-2-1-6(18-8)3-4-14-7(15)5-9(11,12)13/h1-2H,3-5H2,(H,14,15). The molecule has 0 spiro atoms. The molecule has 4 nitrogen and oxygen atoms in total. The van der Waals surface area contributed by atoms with Gasteiger partial charge in [-0.1, -0.05) is 0 Å². The van der Waals surface area contributed by atoms with Crippen LogP contribution in [0.15, 0.2) is 16.3 Å². The summed E-state index contributed by atoms with van der Waals surface area (Å²) in [6, 6.07) is 2.80. The monoisotopic (exact) mass is 335 g/mol. The number of halogens is 4. The van der Waals surface area contributed by atoms with Crippen molar-refractivity contribution in [3.05, 3.63) is 17.0 Å². The second kappa shape index (κ2) is 6.10. The van der Waals surface area contributed by atoms with E-state index in [1.165, 1.54) is 12.1 Å². The van der Waals surface area contributed by atoms with E-state index in [2.05, 4.69) is 5.32 Å². The fraction of sp³-hybridized carbons (Fsp3) is 0.444. The van der Waals surface area contributed by atoms with E-state index in [9.17, 15) is 26.4 Å². The lowest BCUT2D eigenvalue weighted by Gasteiger charge is -2.06. The molecule has 0 aliphatic rings. The van der Waals surface area contributed by atoms with Crippen molar-refractivity contribution in [1.29, 1.82) is 0 Å². The molecule has 0 bridgehead atoms. The van der Waals surface area contributed by atoms with Crippen LogP contribution in [-0.4, -0.2) is 27.0 Å². The molecule has 1 aromatic heterocycles. The summed E-state index contributed by atoms with van der Waals surface area (Å²) in [6.45, 7) is -0.00278. The Balaban J connectivity index is 2.42. The lowest BCUT2D eigenvalue weighted by atomic mass is 10.3. The SMILES string of the molecule is O=C(CC(F)(F)F)NCCc1ccc(S(=O)(=O)Cl)s1. The lowest BCUT2D eigenvalue weighted by Crippen LogP contribution is -2.29. The molecule has 0 aliphatic heterocycles. The van der Waals surface area contributed by atoms with Crippen LogP contribution in [0.3, 0.4) is 0 Å². The zero-order valence-corrected chi connectivity index (χ0v) is 11.7. The molecule has 0 saturated carbocycles. The van der Waals surface area contributed by atoms with Gasteiger partial charge in [0.1, 0.15) is 10.6 Å². The lowest BCUT2D eigenvalue weighted by molar-refractivity contribution is -0.153. The summed E-state index contributed by atoms with van der Waals surface area (Å²) in [7, 11) is 1.32. The Labute approximate surface area is 116 Å². The van der Waals surface area contributed by atoms with Crippen LogP contribution in [0.25, 0.3) is 0 Å². The molecule has 1 aromatic rings. The maximum Gasteiger partial charge on any atom is 0.397 e. The van der Waals surface area contributed by atoms with E-state index in [-0.39, 0.29) is 17.2 Å². The molecular formula is C9H9ClF3NO3S2. The molecule has 1 N–H and O–H groups in total. The second-order valence-corrected chi connectivity index (χ2v) is 7.51. The average Bonchev–Trinajstić information content (AvgIpc) is 2.62. The third-order valence-corrected chi connectivity index (χ3v) is 5.17. The van der Waals surface area contributed by atoms with Gasteiger partial charge in [0, 0.05) is 22.1 Å². The van der Waals surface area contributed by atoms with E-state index in [4.69, 9.17) is 10.7 Å². The van der Waals surface area contributed by atoms with E-state index in [0.717, 1.165) is 11.3 Å². The van der Waals surface area contributed by atoms with Gasteiger partial charge >= 0.3 is 6.18 Å². The molecule has 0 fully saturated rings. The number of amides is 1. The van der Waals surface area contributed by atoms with E-state index in [0.29, 0.717) is 4.88 Å². The molecule has 0 aromatic carbocycles. The zero-order chi connectivity index (χ0) is 14.7. The van der Waals surface area contributed by atoms with Crippen molar-refractivity contribution in [2.24, 2.45) is 0 Å². The van der Waals surface area contributed by atoms with Gasteiger partial charge in [-0.15, -0.1) is 11.3 Å². The van der Waals surface area contributed by atoms with Gasteiger partial charge in [-0.05, 0) is 18.6 Å². The van der Waals surface area contributed by atoms with Crippen molar-refractivity contribution in [2.45, 2.75) is 23.2 Å². The fourth-order valence-corrected chi connectivity index (χ4v) is 3.32. The van der Waals surface area contributed by atoms with Gasteiger partial charge in [-0.2, -0.15) is 13.2 Å². The highest BCUT2D eigenvalue weighted by molar-refractivity contribution is 8.15. The molecule has 0 radical (unpaired) electrons. The topological polar surface area (TPSA) is 63.2 Å². The van der Waals surface area contributed by atoms with E-state index < -0.39 is 27.6 Å². The summed E-state index contributed by atoms with van der Waals surface area (Å²) in [4.78, 5) is 11.5. The van der Waals surface area contributed by atoms with Gasteiger partial charge < -0.3 is 5.32 Å². The second-order valence-electron chi connectivity index (χ2n) is 3.55. The Morgan fingerprint density at radius 1 is 1.37 bits per heavy atom. The van der Waals surface area contributed by atoms with Gasteiger partial charge in [0.15, 0.2) is 0 Å². The summed E-state index contributed by atoms with van der Waals surface area (Å²) < 4.78 is 57.4. The quantitative estimate of drug-likeness (QED) is 0.840. The predicted molar refractivity (Wildman–Crippen MR) is 64.7 cm³/mol. The van der Waals surface area contributed by atoms with Crippen LogP contribution in [0.2, 0.25) is 0 Å². The number of hydrogen-bond donors (Lipinski definition) is 1. The molecule has 0 aliphatic carbocycles. The zero-order valence-electron chi connectivity index (χ0n) is 9.33. The minimum absolute atomic E-state index is 0.00278. The average molecular weight is 336 g/mol. The van der Waals surface area contributed by atoms with Crippen LogP contribution in [0.1, 0.15) is 11.3 Å². The van der Waals surface area contributed by atoms with E-state index in [1.807, 2.05) is 0 Å². The summed E-state index contributed by atoms with van der Waals surface area (Å²) in [5.74, 6) is -1.12. The Morgan fingerprint density at radius 2 is 2.00 bits per heavy atom. The van der Waals surface area contributed by atoms with Crippen molar-refractivity contribution < 1.29 is 26.4 Å². The van der Waals surface area contributed by atoms with Crippen LogP contribution in [0.5, 0.6) is 0 Å². The Bertz CT molecular complexity index is 553. The number of nitrogens with one attached hydrogen (secondary N) is 1. The number of thiophene rings is 1. The smallest absolute Gasteiger partial charge is 0.355 e. The first-order valence-corrected chi connectivity index (χ1v) is 8.07. The molecule has 19 heavy (non-hydrogen) atoms. The van der Waals surface area contributed by atoms with Crippen LogP contribution < -0.4 is 5.32 Å². The van der Waals surface area contributed by atoms with Crippen molar-refractivity contribution in [3.8, 4) is 0 Å². The third kappa shape index (κ3) is 6.26. The Morgan fingerprint density at radius 3 is 2.47 bits per heavy atom. The fourth-order valence-electron chi connectivity index (χ4n) is 1.19. The van der Waals surface area contributed by atoms with Crippen molar-refractivity contribution in [1.82, 2.24) is 5.32 Å². The molecular weight excluding hydrogens is 327 g/mol. The van der Waals surface area contributed by atoms with Gasteiger partial charge in [-0.3, -0.25) is 4.79 Å². The number of hydrogen-bond acceptors (Lipinski definition) is 4. The first-order chi connectivity index (χ1) is 8.58. The van der Waals surface area contributed by atoms with Crippen molar-refractivity contribution >= 4 is 37.0 Å². The van der Waals surface area contributed by atoms with Gasteiger partial charge in [0.25, 0.3) is 9.05 Å². The number of carbonyl (C=O) groups excluding carboxylic acids is 1. The first kappa shape index (κ1) is 16.3. The van der Waals surface area contributed by atoms with Gasteiger partial charge in [-0.25, -0.2) is 8.42 Å². The maximum absolute atomic E-state index is 11.9. The summed E-state index contributed by atoms with van der Waals surface area (Å²) in [5, 5.41) is 2.10. The van der Waals surface area contributed by atoms with Crippen LogP contribution in [0, 0.1) is 0 Å². The Kier molecular flexibility index (Phi) is 5.22. The van der Waals surface area contributed by atoms with Crippen LogP contribution in [0.4, 0.5) is 13.2 Å². The molecule has 108 valence electrons. The summed E-state index contributed by atoms with van der Waals surface area (Å²) >= 11 is 0.911. The number of carbonyl (C=O) groups is 1. The van der Waals surface area contributed by atoms with Crippen molar-refractivity contribution in [2.75, 3.05) is 6.54 Å². The van der Waals surface area contributed by atoms with Crippen molar-refractivity contribution in [3.63, 3.8) is 0 Å². The van der Waals surface area contributed by atoms with E-state index in [1.54, 1.807) is 0 Å². The minimum atomic E-state index is -4.53. The first-order valence-electron chi connectivity index (χ1n) is 4.95. The molecule has 1 amide bonds. The molecule has 0 atom stereocenters. The summed E-state index contributed by atoms with van der Waals surface area (Å²) in [6.07, 6.45) is -5.83. The molecule has 0 unspecified atom stereocenters. The molecule has 1 heterocycles. The Hall–Kier alpha value is -0.800. The molecule has 1 rings (SSSR count). The van der Waals surface area contributed by atoms with Gasteiger partial charge in [0.2, 0.25) is 5.91 Å². The third-order valence-electron chi connectivity index (χ3n) is 1.93. The predicted octanol–water partition coefficient (Wildman–Crippen LogP) is 2.29. The highest BCUT2D eigenvalue weighted by atomic mass is 35.7. The maximum atomic E-state index is 11.9. The van der Waals surface area contributed by atoms with E-state index >= 15 is 0 Å². The number of rotatable bonds is 5. The van der Waals surface area contributed by atoms with Gasteiger partial charge in [0.05, 0.1) is 0 Å². The molecule has 0 saturated heterocycles. The molecule has 10 heteroatoms. The minimum Gasteiger partial charge on any atom is -0.355 e. The van der Waals surface area contributed by atoms with Crippen LogP contribution in [-0.2, 0) is 20.3 Å². The number of alkyl halides is 3. The normalized spacial score (nSPS) is 12.4. The highest BCUT2D eigenvalue weighted by Crippen LogP contribution is 2.25. The largest absolute Gasteiger partial charge is 0.397 e. The summed E-state index contributed by atoms with van der Waals surface area (Å²) in [5.41, 5.74) is 0. The highest BCUT2D eigenvalue weighted by Gasteiger charge is 2.30.